The van der Waals surface area contributed by atoms with Crippen LogP contribution in [0.15, 0.2) is 60.9 Å². The molecule has 1 aromatic heterocycles. The van der Waals surface area contributed by atoms with E-state index in [1.54, 1.807) is 0 Å². The summed E-state index contributed by atoms with van der Waals surface area (Å²) in [6, 6.07) is 12.9. The molecule has 0 unspecified atom stereocenters. The third-order valence-corrected chi connectivity index (χ3v) is 3.71. The molecule has 0 spiro atoms. The molecule has 2 aromatic rings. The van der Waals surface area contributed by atoms with Crippen molar-refractivity contribution in [1.82, 2.24) is 0 Å². The first-order valence-electron chi connectivity index (χ1n) is 7.88. The lowest BCUT2D eigenvalue weighted by atomic mass is 10.1. The molecular weight excluding hydrogens is 268 g/mol. The first-order valence-corrected chi connectivity index (χ1v) is 7.88. The number of hydrogen-bond donors (Lipinski definition) is 0. The van der Waals surface area contributed by atoms with Crippen molar-refractivity contribution in [3.8, 4) is 0 Å². The van der Waals surface area contributed by atoms with Crippen molar-refractivity contribution in [2.24, 2.45) is 7.05 Å². The molecule has 2 heteroatoms. The Morgan fingerprint density at radius 2 is 1.32 bits per heavy atom. The van der Waals surface area contributed by atoms with E-state index in [-0.39, 0.29) is 0 Å². The Bertz CT molecular complexity index is 618. The van der Waals surface area contributed by atoms with Crippen LogP contribution in [0.5, 0.6) is 0 Å². The van der Waals surface area contributed by atoms with Crippen molar-refractivity contribution in [1.29, 1.82) is 0 Å². The van der Waals surface area contributed by atoms with Gasteiger partial charge in [0.2, 0.25) is 0 Å². The van der Waals surface area contributed by atoms with Gasteiger partial charge in [-0.25, -0.2) is 4.57 Å². The fourth-order valence-corrected chi connectivity index (χ4v) is 2.34. The first-order chi connectivity index (χ1) is 10.7. The van der Waals surface area contributed by atoms with Gasteiger partial charge in [0, 0.05) is 30.9 Å². The average Bonchev–Trinajstić information content (AvgIpc) is 2.56. The number of anilines is 1. The summed E-state index contributed by atoms with van der Waals surface area (Å²) in [6.45, 7) is 6.46. The van der Waals surface area contributed by atoms with E-state index >= 15 is 0 Å². The van der Waals surface area contributed by atoms with Crippen LogP contribution in [-0.4, -0.2) is 13.1 Å². The van der Waals surface area contributed by atoms with Crippen LogP contribution in [0.1, 0.15) is 25.0 Å². The molecule has 2 nitrogen and oxygen atoms in total. The highest BCUT2D eigenvalue weighted by atomic mass is 15.1. The number of rotatable bonds is 6. The molecule has 0 amide bonds. The summed E-state index contributed by atoms with van der Waals surface area (Å²) in [5.74, 6) is 0. The molecule has 0 aliphatic heterocycles. The zero-order valence-electron chi connectivity index (χ0n) is 13.7. The van der Waals surface area contributed by atoms with Crippen LogP contribution >= 0.6 is 0 Å². The van der Waals surface area contributed by atoms with Gasteiger partial charge in [-0.2, -0.15) is 0 Å². The van der Waals surface area contributed by atoms with Gasteiger partial charge in [0.1, 0.15) is 7.05 Å². The van der Waals surface area contributed by atoms with E-state index in [2.05, 4.69) is 91.8 Å². The largest absolute Gasteiger partial charge is 0.372 e. The predicted octanol–water partition coefficient (Wildman–Crippen LogP) is 4.08. The van der Waals surface area contributed by atoms with Gasteiger partial charge in [-0.3, -0.25) is 0 Å². The fraction of sp³-hybridized carbons (Fsp3) is 0.250. The van der Waals surface area contributed by atoms with E-state index < -0.39 is 0 Å². The second-order valence-electron chi connectivity index (χ2n) is 5.28. The maximum atomic E-state index is 2.35. The average molecular weight is 293 g/mol. The van der Waals surface area contributed by atoms with Crippen LogP contribution < -0.4 is 9.47 Å². The van der Waals surface area contributed by atoms with Crippen LogP contribution in [-0.2, 0) is 7.05 Å². The van der Waals surface area contributed by atoms with Gasteiger partial charge in [-0.05, 0) is 37.1 Å². The number of aryl methyl sites for hydroxylation is 1. The van der Waals surface area contributed by atoms with E-state index in [0.29, 0.717) is 0 Å². The van der Waals surface area contributed by atoms with Crippen molar-refractivity contribution >= 4 is 17.8 Å². The van der Waals surface area contributed by atoms with Crippen LogP contribution in [0.25, 0.3) is 12.2 Å². The molecule has 1 heterocycles. The maximum absolute atomic E-state index is 2.35. The predicted molar refractivity (Wildman–Crippen MR) is 95.7 cm³/mol. The highest BCUT2D eigenvalue weighted by Gasteiger charge is 1.99. The summed E-state index contributed by atoms with van der Waals surface area (Å²) in [5, 5.41) is 0. The molecule has 0 fully saturated rings. The zero-order valence-corrected chi connectivity index (χ0v) is 13.7. The van der Waals surface area contributed by atoms with E-state index in [1.165, 1.54) is 16.8 Å². The second kappa shape index (κ2) is 8.18. The highest BCUT2D eigenvalue weighted by molar-refractivity contribution is 5.59. The molecule has 1 aromatic carbocycles. The van der Waals surface area contributed by atoms with Crippen molar-refractivity contribution in [3.05, 3.63) is 72.1 Å². The van der Waals surface area contributed by atoms with Gasteiger partial charge >= 0.3 is 0 Å². The zero-order chi connectivity index (χ0) is 15.8. The Morgan fingerprint density at radius 1 is 0.818 bits per heavy atom. The minimum atomic E-state index is 1.04. The van der Waals surface area contributed by atoms with E-state index in [9.17, 15) is 0 Å². The quantitative estimate of drug-likeness (QED) is 0.575. The standard InChI is InChI=1S/C20H25N2/c1-4-22(5-2)20-12-10-18(11-13-20)8-6-7-9-19-14-16-21(3)17-15-19/h6-17H,4-5H2,1-3H3/q+1. The Labute approximate surface area is 134 Å². The molecule has 22 heavy (non-hydrogen) atoms. The highest BCUT2D eigenvalue weighted by Crippen LogP contribution is 2.15. The van der Waals surface area contributed by atoms with Gasteiger partial charge < -0.3 is 4.90 Å². The van der Waals surface area contributed by atoms with Crippen LogP contribution in [0, 0.1) is 0 Å². The first kappa shape index (κ1) is 16.0. The Balaban J connectivity index is 1.97. The number of nitrogens with zero attached hydrogens (tertiary/aromatic N) is 2. The number of benzene rings is 1. The normalized spacial score (nSPS) is 11.4. The minimum Gasteiger partial charge on any atom is -0.372 e. The van der Waals surface area contributed by atoms with Crippen molar-refractivity contribution in [3.63, 3.8) is 0 Å². The second-order valence-corrected chi connectivity index (χ2v) is 5.28. The van der Waals surface area contributed by atoms with E-state index in [1.807, 2.05) is 11.6 Å². The van der Waals surface area contributed by atoms with E-state index in [4.69, 9.17) is 0 Å². The van der Waals surface area contributed by atoms with Gasteiger partial charge in [0.05, 0.1) is 0 Å². The molecule has 0 N–H and O–H groups in total. The molecule has 0 saturated heterocycles. The number of aromatic nitrogens is 1. The molecular formula is C20H25N2+. The summed E-state index contributed by atoms with van der Waals surface area (Å²) in [5.41, 5.74) is 3.72. The fourth-order valence-electron chi connectivity index (χ4n) is 2.34. The summed E-state index contributed by atoms with van der Waals surface area (Å²) in [4.78, 5) is 2.35. The molecule has 0 saturated carbocycles. The summed E-state index contributed by atoms with van der Waals surface area (Å²) >= 11 is 0. The molecule has 114 valence electrons. The lowest BCUT2D eigenvalue weighted by Gasteiger charge is -2.20. The molecule has 0 bridgehead atoms. The lowest BCUT2D eigenvalue weighted by Crippen LogP contribution is -2.25. The van der Waals surface area contributed by atoms with Gasteiger partial charge in [-0.15, -0.1) is 0 Å². The number of allylic oxidation sites excluding steroid dienone is 2. The topological polar surface area (TPSA) is 7.12 Å². The summed E-state index contributed by atoms with van der Waals surface area (Å²) < 4.78 is 2.03. The van der Waals surface area contributed by atoms with E-state index in [0.717, 1.165) is 13.1 Å². The molecule has 2 rings (SSSR count). The lowest BCUT2D eigenvalue weighted by molar-refractivity contribution is -0.671. The van der Waals surface area contributed by atoms with Gasteiger partial charge in [0.25, 0.3) is 0 Å². The minimum absolute atomic E-state index is 1.04. The monoisotopic (exact) mass is 293 g/mol. The molecule has 0 radical (unpaired) electrons. The maximum Gasteiger partial charge on any atom is 0.169 e. The summed E-state index contributed by atoms with van der Waals surface area (Å²) in [6.07, 6.45) is 12.5. The third kappa shape index (κ3) is 4.59. The van der Waals surface area contributed by atoms with Crippen LogP contribution in [0.3, 0.4) is 0 Å². The Hall–Kier alpha value is -2.35. The van der Waals surface area contributed by atoms with Crippen LogP contribution in [0.4, 0.5) is 5.69 Å². The smallest absolute Gasteiger partial charge is 0.169 e. The summed E-state index contributed by atoms with van der Waals surface area (Å²) in [7, 11) is 2.02. The number of hydrogen-bond acceptors (Lipinski definition) is 1. The molecule has 0 aliphatic rings. The Kier molecular flexibility index (Phi) is 5.96. The number of pyridine rings is 1. The third-order valence-electron chi connectivity index (χ3n) is 3.71. The van der Waals surface area contributed by atoms with Crippen molar-refractivity contribution in [2.75, 3.05) is 18.0 Å². The molecule has 0 aliphatic carbocycles. The SMILES string of the molecule is CCN(CC)c1ccc(/C=C/C=C/c2cc[n+](C)cc2)cc1. The van der Waals surface area contributed by atoms with Crippen molar-refractivity contribution in [2.45, 2.75) is 13.8 Å². The van der Waals surface area contributed by atoms with Gasteiger partial charge in [0.15, 0.2) is 12.4 Å². The van der Waals surface area contributed by atoms with Crippen molar-refractivity contribution < 1.29 is 4.57 Å². The van der Waals surface area contributed by atoms with Crippen LogP contribution in [0.2, 0.25) is 0 Å². The Morgan fingerprint density at radius 3 is 1.82 bits per heavy atom. The molecule has 0 atom stereocenters. The van der Waals surface area contributed by atoms with Gasteiger partial charge in [-0.1, -0.05) is 36.4 Å².